The molecule has 158 valence electrons. The number of nitrogens with two attached hydrogens (primary N) is 1. The van der Waals surface area contributed by atoms with Crippen molar-refractivity contribution in [2.24, 2.45) is 0 Å². The van der Waals surface area contributed by atoms with E-state index in [1.807, 2.05) is 56.3 Å². The molecule has 0 saturated heterocycles. The maximum absolute atomic E-state index is 9.67. The minimum absolute atomic E-state index is 0. The molecule has 4 aromatic rings. The van der Waals surface area contributed by atoms with Gasteiger partial charge in [0.05, 0.1) is 0 Å². The van der Waals surface area contributed by atoms with Crippen molar-refractivity contribution in [3.8, 4) is 11.1 Å². The fourth-order valence-corrected chi connectivity index (χ4v) is 3.66. The lowest BCUT2D eigenvalue weighted by atomic mass is 10.1. The van der Waals surface area contributed by atoms with Gasteiger partial charge in [-0.1, -0.05) is 18.2 Å². The smallest absolute Gasteiger partial charge is 0.762 e. The molecule has 0 amide bonds. The Bertz CT molecular complexity index is 1260. The Morgan fingerprint density at radius 1 is 0.968 bits per heavy atom. The third kappa shape index (κ3) is 5.24. The third-order valence-electron chi connectivity index (χ3n) is 4.53. The van der Waals surface area contributed by atoms with Gasteiger partial charge in [-0.05, 0) is 48.9 Å². The number of aryl methyl sites for hydroxylation is 2. The van der Waals surface area contributed by atoms with Gasteiger partial charge in [0.2, 0.25) is 16.7 Å². The van der Waals surface area contributed by atoms with E-state index in [1.54, 1.807) is 0 Å². The summed E-state index contributed by atoms with van der Waals surface area (Å²) in [5.74, 6) is 0. The molecule has 0 saturated carbocycles. The van der Waals surface area contributed by atoms with Crippen molar-refractivity contribution in [2.45, 2.75) is 18.7 Å². The van der Waals surface area contributed by atoms with Gasteiger partial charge >= 0.3 is 7.54 Å². The number of fused-ring (bicyclic) bond motifs is 2. The molecule has 0 fully saturated rings. The molecule has 0 atom stereocenters. The van der Waals surface area contributed by atoms with Crippen molar-refractivity contribution < 1.29 is 22.2 Å². The quantitative estimate of drug-likeness (QED) is 0.0981. The Kier molecular flexibility index (Phi) is 7.83. The van der Waals surface area contributed by atoms with Gasteiger partial charge < -0.3 is 10.4 Å². The highest BCUT2D eigenvalue weighted by Gasteiger charge is 2.21. The van der Waals surface area contributed by atoms with Crippen molar-refractivity contribution in [3.63, 3.8) is 0 Å². The maximum Gasteiger partial charge on any atom is 0.762 e. The molecule has 0 unspecified atom stereocenters. The summed E-state index contributed by atoms with van der Waals surface area (Å²) >= 11 is 1.17. The van der Waals surface area contributed by atoms with Crippen molar-refractivity contribution in [2.75, 3.05) is 5.73 Å². The van der Waals surface area contributed by atoms with E-state index in [4.69, 9.17) is 16.0 Å². The van der Waals surface area contributed by atoms with Gasteiger partial charge in [-0.2, -0.15) is 5.26 Å². The number of hydrogen-bond acceptors (Lipinski definition) is 4. The zero-order valence-electron chi connectivity index (χ0n) is 16.6. The predicted molar refractivity (Wildman–Crippen MR) is 115 cm³/mol. The van der Waals surface area contributed by atoms with Crippen LogP contribution in [0.4, 0.5) is 18.6 Å². The van der Waals surface area contributed by atoms with E-state index >= 15 is 0 Å². The Morgan fingerprint density at radius 3 is 2.10 bits per heavy atom. The zero-order valence-corrected chi connectivity index (χ0v) is 17.4. The number of para-hydroxylation sites is 1. The molecule has 0 aliphatic carbocycles. The van der Waals surface area contributed by atoms with Crippen LogP contribution in [0.15, 0.2) is 59.5 Å². The van der Waals surface area contributed by atoms with Crippen LogP contribution in [0.3, 0.4) is 0 Å². The second kappa shape index (κ2) is 10.1. The van der Waals surface area contributed by atoms with Crippen molar-refractivity contribution in [1.82, 2.24) is 4.98 Å². The second-order valence-electron chi connectivity index (χ2n) is 6.53. The second-order valence-corrected chi connectivity index (χ2v) is 7.35. The summed E-state index contributed by atoms with van der Waals surface area (Å²) in [6.45, 7) is 4.00. The number of rotatable bonds is 2. The van der Waals surface area contributed by atoms with Crippen molar-refractivity contribution in [3.05, 3.63) is 65.7 Å². The number of halogens is 4. The average molecular weight is 444 g/mol. The summed E-state index contributed by atoms with van der Waals surface area (Å²) in [6, 6.07) is 18.2. The first-order valence-corrected chi connectivity index (χ1v) is 9.73. The summed E-state index contributed by atoms with van der Waals surface area (Å²) in [4.78, 5) is 5.80. The molecular weight excluding hydrogens is 427 g/mol. The maximum atomic E-state index is 9.67. The Balaban J connectivity index is 0.000000631. The number of nitrogen functional groups attached to an aromatic ring is 1. The average Bonchev–Trinajstić information content (AvgIpc) is 2.69. The summed E-state index contributed by atoms with van der Waals surface area (Å²) < 4.78 is 31.2. The van der Waals surface area contributed by atoms with Gasteiger partial charge in [0, 0.05) is 34.8 Å². The highest BCUT2D eigenvalue weighted by Crippen LogP contribution is 2.28. The normalized spacial score (nSPS) is 10.1. The largest absolute Gasteiger partial charge is 1.00 e. The van der Waals surface area contributed by atoms with E-state index in [9.17, 15) is 12.9 Å². The molecule has 4 rings (SSSR count). The molecule has 4 nitrogen and oxygen atoms in total. The molecule has 0 spiro atoms. The lowest BCUT2D eigenvalue weighted by Crippen LogP contribution is -3.00. The van der Waals surface area contributed by atoms with E-state index in [0.29, 0.717) is 0 Å². The molecule has 0 aliphatic heterocycles. The minimum Gasteiger partial charge on any atom is -1.00 e. The number of benzene rings is 3. The first-order valence-electron chi connectivity index (χ1n) is 8.91. The Morgan fingerprint density at radius 2 is 1.52 bits per heavy atom. The topological polar surface area (TPSA) is 66.6 Å². The molecule has 1 heterocycles. The molecular formula is C21H17BF4N4S. The van der Waals surface area contributed by atoms with Gasteiger partial charge in [-0.3, -0.25) is 12.9 Å². The van der Waals surface area contributed by atoms with E-state index in [1.165, 1.54) is 11.8 Å². The Labute approximate surface area is 181 Å². The van der Waals surface area contributed by atoms with Crippen LogP contribution in [0, 0.1) is 24.5 Å². The number of nitrogens with zero attached hydrogens (tertiary/aromatic N) is 3. The molecule has 3 aromatic carbocycles. The van der Waals surface area contributed by atoms with Gasteiger partial charge in [-0.25, -0.2) is 4.98 Å². The van der Waals surface area contributed by atoms with E-state index in [0.717, 1.165) is 49.5 Å². The summed E-state index contributed by atoms with van der Waals surface area (Å²) in [6.07, 6.45) is 0. The number of thioether (sulfide) groups is 1. The molecule has 10 heteroatoms. The fraction of sp³-hybridized carbons (Fsp3) is 0.0952. The van der Waals surface area contributed by atoms with E-state index in [-0.39, 0.29) is 4.70 Å². The number of thiocyanates is 1. The fourth-order valence-electron chi connectivity index (χ4n) is 3.17. The molecule has 0 bridgehead atoms. The van der Waals surface area contributed by atoms with E-state index < -0.39 is 7.54 Å². The molecule has 1 aromatic heterocycles. The van der Waals surface area contributed by atoms with E-state index in [2.05, 4.69) is 22.1 Å². The van der Waals surface area contributed by atoms with Crippen LogP contribution in [0.25, 0.3) is 27.8 Å². The lowest BCUT2D eigenvalue weighted by molar-refractivity contribution is -0.538. The van der Waals surface area contributed by atoms with Crippen LogP contribution in [-0.4, -0.2) is 12.5 Å². The first-order chi connectivity index (χ1) is 14.3. The van der Waals surface area contributed by atoms with Crippen LogP contribution in [0.5, 0.6) is 0 Å². The third-order valence-corrected chi connectivity index (χ3v) is 5.28. The van der Waals surface area contributed by atoms with Crippen LogP contribution in [-0.2, 0) is 0 Å². The van der Waals surface area contributed by atoms with Gasteiger partial charge in [0.15, 0.2) is 0 Å². The number of aromatic nitrogens is 2. The highest BCUT2D eigenvalue weighted by molar-refractivity contribution is 8.03. The van der Waals surface area contributed by atoms with Crippen LogP contribution in [0.2, 0.25) is 0 Å². The summed E-state index contributed by atoms with van der Waals surface area (Å²) in [5, 5.41) is 11.3. The molecule has 31 heavy (non-hydrogen) atoms. The van der Waals surface area contributed by atoms with Gasteiger partial charge in [-0.15, -0.1) is 4.57 Å². The Hall–Kier alpha value is -3.32. The molecule has 0 aliphatic rings. The van der Waals surface area contributed by atoms with Gasteiger partial charge in [0.25, 0.3) is 0 Å². The van der Waals surface area contributed by atoms with Crippen LogP contribution < -0.4 is 15.0 Å². The van der Waals surface area contributed by atoms with Crippen molar-refractivity contribution >= 4 is 47.1 Å². The van der Waals surface area contributed by atoms with Crippen LogP contribution >= 0.6 is 11.8 Å². The lowest BCUT2D eigenvalue weighted by Gasteiger charge is -2.09. The summed E-state index contributed by atoms with van der Waals surface area (Å²) in [5.41, 5.74) is 13.7. The monoisotopic (exact) mass is 444 g/mol. The standard InChI is InChI=1S/C21H16N4S.BF3.FH/c1-13-8-17-19(10-16(13)23)25(15-6-4-3-5-7-15)20-11-21(26-12-22)14(2)9-18(20)24-17;2-1(3)4;/h3-11,23H,1-2H3;;1H. The van der Waals surface area contributed by atoms with Crippen LogP contribution in [0.1, 0.15) is 11.1 Å². The SMILES string of the molecule is Cc1cc2nc3cc(C)c(SC#N)cc3[n+](-c3ccccc3)c2cc1N.FB(F)F.[F-]. The first kappa shape index (κ1) is 24.0. The number of hydrogen-bond donors (Lipinski definition) is 1. The highest BCUT2D eigenvalue weighted by atomic mass is 32.2. The number of nitriles is 1. The molecule has 2 N–H and O–H groups in total. The van der Waals surface area contributed by atoms with Gasteiger partial charge in [0.1, 0.15) is 16.4 Å². The number of anilines is 1. The zero-order chi connectivity index (χ0) is 21.8. The predicted octanol–water partition coefficient (Wildman–Crippen LogP) is 2.32. The molecule has 0 radical (unpaired) electrons. The minimum atomic E-state index is -3.67. The summed E-state index contributed by atoms with van der Waals surface area (Å²) in [7, 11) is -3.67. The van der Waals surface area contributed by atoms with Crippen molar-refractivity contribution in [1.29, 1.82) is 5.26 Å².